The van der Waals surface area contributed by atoms with Crippen LogP contribution in [0.1, 0.15) is 12.0 Å². The van der Waals surface area contributed by atoms with E-state index in [0.717, 1.165) is 18.0 Å². The van der Waals surface area contributed by atoms with Gasteiger partial charge in [-0.3, -0.25) is 0 Å². The van der Waals surface area contributed by atoms with Crippen LogP contribution in [0.4, 0.5) is 0 Å². The molecule has 0 saturated heterocycles. The quantitative estimate of drug-likeness (QED) is 0.619. The first-order valence-corrected chi connectivity index (χ1v) is 4.42. The Morgan fingerprint density at radius 2 is 1.86 bits per heavy atom. The summed E-state index contributed by atoms with van der Waals surface area (Å²) in [6.07, 6.45) is 7.05. The van der Waals surface area contributed by atoms with E-state index in [4.69, 9.17) is 5.73 Å². The Hall–Kier alpha value is -0.808. The summed E-state index contributed by atoms with van der Waals surface area (Å²) >= 11 is 0. The number of hydrogen-bond acceptors (Lipinski definition) is 1. The zero-order valence-electron chi connectivity index (χ0n) is 7.72. The van der Waals surface area contributed by atoms with E-state index in [1.807, 2.05) is 18.2 Å². The summed E-state index contributed by atoms with van der Waals surface area (Å²) in [4.78, 5) is 0. The molecule has 1 aliphatic rings. The Morgan fingerprint density at radius 1 is 1.14 bits per heavy atom. The predicted octanol–water partition coefficient (Wildman–Crippen LogP) is 2.52. The minimum Gasteiger partial charge on any atom is -0.357 e. The second-order valence-electron chi connectivity index (χ2n) is 3.10. The summed E-state index contributed by atoms with van der Waals surface area (Å²) in [6.45, 7) is 0. The van der Waals surface area contributed by atoms with E-state index in [9.17, 15) is 0 Å². The van der Waals surface area contributed by atoms with Gasteiger partial charge in [-0.25, -0.2) is 0 Å². The fourth-order valence-electron chi connectivity index (χ4n) is 1.48. The summed E-state index contributed by atoms with van der Waals surface area (Å²) in [5.41, 5.74) is 8.26. The molecule has 1 aromatic rings. The van der Waals surface area contributed by atoms with Crippen molar-refractivity contribution >= 4 is 5.57 Å². The third-order valence-electron chi connectivity index (χ3n) is 2.17. The second-order valence-corrected chi connectivity index (χ2v) is 3.10. The largest absolute Gasteiger partial charge is 2.00 e. The average molecular weight is 277 g/mol. The summed E-state index contributed by atoms with van der Waals surface area (Å²) in [5.74, 6) is 0. The van der Waals surface area contributed by atoms with Gasteiger partial charge in [0.05, 0.1) is 0 Å². The van der Waals surface area contributed by atoms with Crippen molar-refractivity contribution in [3.63, 3.8) is 0 Å². The molecule has 14 heavy (non-hydrogen) atoms. The van der Waals surface area contributed by atoms with E-state index in [1.165, 1.54) is 5.56 Å². The zero-order valence-corrected chi connectivity index (χ0v) is 9.27. The van der Waals surface area contributed by atoms with Crippen molar-refractivity contribution in [2.24, 2.45) is 5.73 Å². The molecule has 2 N–H and O–H groups in total. The number of rotatable bonds is 1. The summed E-state index contributed by atoms with van der Waals surface area (Å²) < 4.78 is 0. The van der Waals surface area contributed by atoms with E-state index in [1.54, 1.807) is 0 Å². The molecular formula is C12H12NPd+. The van der Waals surface area contributed by atoms with Gasteiger partial charge in [-0.05, 0) is 6.42 Å². The van der Waals surface area contributed by atoms with Crippen molar-refractivity contribution in [1.29, 1.82) is 0 Å². The maximum Gasteiger partial charge on any atom is 2.00 e. The topological polar surface area (TPSA) is 26.0 Å². The van der Waals surface area contributed by atoms with Gasteiger partial charge in [0, 0.05) is 0 Å². The fraction of sp³-hybridized carbons (Fsp3) is 0.0833. The van der Waals surface area contributed by atoms with Crippen LogP contribution in [0.15, 0.2) is 48.6 Å². The van der Waals surface area contributed by atoms with Gasteiger partial charge in [0.15, 0.2) is 0 Å². The number of benzene rings is 1. The molecule has 0 aromatic heterocycles. The Morgan fingerprint density at radius 3 is 2.50 bits per heavy atom. The third kappa shape index (κ3) is 2.36. The van der Waals surface area contributed by atoms with Crippen molar-refractivity contribution < 1.29 is 20.4 Å². The smallest absolute Gasteiger partial charge is 0.357 e. The van der Waals surface area contributed by atoms with Gasteiger partial charge in [-0.2, -0.15) is 11.6 Å². The van der Waals surface area contributed by atoms with Crippen LogP contribution in [0.5, 0.6) is 0 Å². The SMILES string of the molecule is N[C-]1CC=CC=C1c1ccccc1.[Pd+2]. The molecule has 0 amide bonds. The minimum absolute atomic E-state index is 0. The molecule has 2 rings (SSSR count). The monoisotopic (exact) mass is 276 g/mol. The molecule has 0 aliphatic heterocycles. The van der Waals surface area contributed by atoms with Gasteiger partial charge in [-0.1, -0.05) is 18.2 Å². The van der Waals surface area contributed by atoms with Crippen LogP contribution >= 0.6 is 0 Å². The van der Waals surface area contributed by atoms with Crippen LogP contribution in [-0.2, 0) is 20.4 Å². The van der Waals surface area contributed by atoms with Crippen molar-refractivity contribution in [2.75, 3.05) is 0 Å². The Kier molecular flexibility index (Phi) is 4.16. The van der Waals surface area contributed by atoms with E-state index in [0.29, 0.717) is 0 Å². The fourth-order valence-corrected chi connectivity index (χ4v) is 1.48. The average Bonchev–Trinajstić information content (AvgIpc) is 2.20. The maximum absolute atomic E-state index is 5.91. The van der Waals surface area contributed by atoms with Crippen molar-refractivity contribution in [3.8, 4) is 0 Å². The van der Waals surface area contributed by atoms with Crippen LogP contribution < -0.4 is 5.73 Å². The van der Waals surface area contributed by atoms with Crippen molar-refractivity contribution in [3.05, 3.63) is 60.2 Å². The van der Waals surface area contributed by atoms with Gasteiger partial charge < -0.3 is 5.73 Å². The van der Waals surface area contributed by atoms with E-state index >= 15 is 0 Å². The van der Waals surface area contributed by atoms with E-state index in [-0.39, 0.29) is 20.4 Å². The van der Waals surface area contributed by atoms with E-state index in [2.05, 4.69) is 30.4 Å². The molecule has 1 nitrogen and oxygen atoms in total. The zero-order chi connectivity index (χ0) is 9.10. The number of hydrogen-bond donors (Lipinski definition) is 1. The standard InChI is InChI=1S/C12H12N.Pd/c13-12-9-5-4-8-11(12)10-6-2-1-3-7-10;/h1-8H,9,13H2;/q-1;+2. The van der Waals surface area contributed by atoms with Gasteiger partial charge in [0.25, 0.3) is 0 Å². The van der Waals surface area contributed by atoms with Crippen LogP contribution in [0.25, 0.3) is 5.57 Å². The first kappa shape index (κ1) is 11.3. The van der Waals surface area contributed by atoms with Crippen LogP contribution in [0, 0.1) is 6.04 Å². The molecular weight excluding hydrogens is 265 g/mol. The van der Waals surface area contributed by atoms with Crippen LogP contribution in [-0.4, -0.2) is 0 Å². The number of nitrogens with two attached hydrogens (primary N) is 1. The van der Waals surface area contributed by atoms with Crippen LogP contribution in [0.3, 0.4) is 0 Å². The second kappa shape index (κ2) is 5.17. The molecule has 74 valence electrons. The first-order valence-electron chi connectivity index (χ1n) is 4.42. The molecule has 2 heteroatoms. The Balaban J connectivity index is 0.000000980. The predicted molar refractivity (Wildman–Crippen MR) is 55.6 cm³/mol. The summed E-state index contributed by atoms with van der Waals surface area (Å²) in [7, 11) is 0. The van der Waals surface area contributed by atoms with Crippen LogP contribution in [0.2, 0.25) is 0 Å². The van der Waals surface area contributed by atoms with Crippen molar-refractivity contribution in [1.82, 2.24) is 0 Å². The molecule has 0 fully saturated rings. The van der Waals surface area contributed by atoms with Gasteiger partial charge in [0.1, 0.15) is 0 Å². The summed E-state index contributed by atoms with van der Waals surface area (Å²) in [5, 5.41) is 0. The molecule has 0 bridgehead atoms. The third-order valence-corrected chi connectivity index (χ3v) is 2.17. The minimum atomic E-state index is 0. The maximum atomic E-state index is 5.91. The van der Waals surface area contributed by atoms with Crippen molar-refractivity contribution in [2.45, 2.75) is 6.42 Å². The molecule has 1 aliphatic carbocycles. The van der Waals surface area contributed by atoms with Gasteiger partial charge in [0.2, 0.25) is 0 Å². The molecule has 0 saturated carbocycles. The molecule has 0 unspecified atom stereocenters. The number of allylic oxidation sites excluding steroid dienone is 2. The molecule has 0 heterocycles. The summed E-state index contributed by atoms with van der Waals surface area (Å²) in [6, 6.07) is 11.2. The molecule has 0 spiro atoms. The first-order chi connectivity index (χ1) is 6.38. The Labute approximate surface area is 98.4 Å². The molecule has 1 aromatic carbocycles. The van der Waals surface area contributed by atoms with Gasteiger partial charge in [-0.15, -0.1) is 35.9 Å². The van der Waals surface area contributed by atoms with E-state index < -0.39 is 0 Å². The Bertz CT molecular complexity index is 341. The molecule has 0 atom stereocenters. The normalized spacial score (nSPS) is 14.6. The molecule has 0 radical (unpaired) electrons. The van der Waals surface area contributed by atoms with Gasteiger partial charge >= 0.3 is 20.4 Å².